The Labute approximate surface area is 333 Å². The van der Waals surface area contributed by atoms with Crippen molar-refractivity contribution in [1.82, 2.24) is 40.4 Å². The van der Waals surface area contributed by atoms with Gasteiger partial charge in [0.05, 0.1) is 43.0 Å². The van der Waals surface area contributed by atoms with Crippen LogP contribution >= 0.6 is 0 Å². The summed E-state index contributed by atoms with van der Waals surface area (Å²) >= 11 is 0. The minimum Gasteiger partial charge on any atom is -0.465 e. The Morgan fingerprint density at radius 1 is 0.702 bits per heavy atom. The second-order valence-corrected chi connectivity index (χ2v) is 15.7. The molecule has 57 heavy (non-hydrogen) atoms. The molecular formula is C43H52N8O6. The van der Waals surface area contributed by atoms with Gasteiger partial charge in [-0.25, -0.2) is 19.6 Å². The lowest BCUT2D eigenvalue weighted by Crippen LogP contribution is -2.52. The Balaban J connectivity index is 1.10. The lowest BCUT2D eigenvalue weighted by Gasteiger charge is -2.32. The van der Waals surface area contributed by atoms with Crippen LogP contribution in [0.4, 0.5) is 9.59 Å². The summed E-state index contributed by atoms with van der Waals surface area (Å²) in [6.07, 6.45) is 4.81. The molecule has 14 nitrogen and oxygen atoms in total. The number of alkyl carbamates (subject to hydrolysis) is 1. The molecule has 0 saturated carbocycles. The predicted molar refractivity (Wildman–Crippen MR) is 215 cm³/mol. The molecule has 2 aromatic carbocycles. The maximum Gasteiger partial charge on any atom is 0.407 e. The molecule has 2 aliphatic rings. The van der Waals surface area contributed by atoms with Gasteiger partial charge >= 0.3 is 12.2 Å². The van der Waals surface area contributed by atoms with Crippen molar-refractivity contribution in [3.8, 4) is 34.4 Å². The Kier molecular flexibility index (Phi) is 12.4. The first kappa shape index (κ1) is 40.6. The first-order chi connectivity index (χ1) is 27.2. The maximum atomic E-state index is 13.7. The molecule has 4 aromatic rings. The van der Waals surface area contributed by atoms with Gasteiger partial charge in [0.2, 0.25) is 11.8 Å². The Morgan fingerprint density at radius 2 is 1.11 bits per heavy atom. The molecule has 2 saturated heterocycles. The van der Waals surface area contributed by atoms with Crippen molar-refractivity contribution in [2.24, 2.45) is 11.8 Å². The van der Waals surface area contributed by atoms with Crippen LogP contribution in [0.1, 0.15) is 102 Å². The van der Waals surface area contributed by atoms with E-state index in [2.05, 4.69) is 42.4 Å². The summed E-state index contributed by atoms with van der Waals surface area (Å²) < 4.78 is 4.77. The normalized spacial score (nSPS) is 20.2. The lowest BCUT2D eigenvalue weighted by molar-refractivity contribution is -0.138. The molecule has 5 N–H and O–H groups in total. The zero-order chi connectivity index (χ0) is 41.0. The smallest absolute Gasteiger partial charge is 0.407 e. The van der Waals surface area contributed by atoms with Crippen LogP contribution in [-0.4, -0.2) is 90.1 Å². The number of rotatable bonds is 10. The van der Waals surface area contributed by atoms with Crippen LogP contribution in [0, 0.1) is 23.7 Å². The summed E-state index contributed by atoms with van der Waals surface area (Å²) in [4.78, 5) is 70.4. The van der Waals surface area contributed by atoms with E-state index in [4.69, 9.17) is 4.74 Å². The monoisotopic (exact) mass is 776 g/mol. The molecular weight excluding hydrogens is 725 g/mol. The quantitative estimate of drug-likeness (QED) is 0.111. The van der Waals surface area contributed by atoms with Crippen molar-refractivity contribution in [3.05, 3.63) is 83.7 Å². The van der Waals surface area contributed by atoms with Crippen LogP contribution in [-0.2, 0) is 14.3 Å². The standard InChI is InChI=1S/C43H52N8O6/c1-24(2)36(48-42(54)55)40(52)50-26(5)8-20-34(50)38-44-22-32(46-38)30-16-12-28(13-17-30)10-11-29-14-18-31(19-15-29)33-23-45-39(47-33)35-21-9-27(6)51(35)41(53)37(25(3)4)49-43(56)57-7/h12-19,22-27,34-37,48H,8-9,20-21H2,1-7H3,(H,44,46)(H,45,47)(H,49,56)(H,54,55)/t26-,27?,34-,35?,36-,37-/m0/s1. The molecule has 0 radical (unpaired) electrons. The highest BCUT2D eigenvalue weighted by Gasteiger charge is 2.42. The average Bonchev–Trinajstić information content (AvgIpc) is 4.01. The number of carbonyl (C=O) groups excluding carboxylic acids is 3. The van der Waals surface area contributed by atoms with Crippen molar-refractivity contribution in [1.29, 1.82) is 0 Å². The predicted octanol–water partition coefficient (Wildman–Crippen LogP) is 6.64. The number of methoxy groups -OCH3 is 1. The third kappa shape index (κ3) is 8.98. The molecule has 4 heterocycles. The molecule has 300 valence electrons. The number of nitrogens with one attached hydrogen (secondary N) is 4. The topological polar surface area (TPSA) is 186 Å². The van der Waals surface area contributed by atoms with E-state index >= 15 is 0 Å². The van der Waals surface area contributed by atoms with Gasteiger partial charge in [-0.1, -0.05) is 63.8 Å². The van der Waals surface area contributed by atoms with Crippen molar-refractivity contribution < 1.29 is 29.0 Å². The summed E-state index contributed by atoms with van der Waals surface area (Å²) in [5.41, 5.74) is 5.21. The number of aromatic amines is 2. The molecule has 2 aliphatic heterocycles. The zero-order valence-corrected chi connectivity index (χ0v) is 33.5. The van der Waals surface area contributed by atoms with Crippen LogP contribution in [0.3, 0.4) is 0 Å². The van der Waals surface area contributed by atoms with Crippen molar-refractivity contribution in [3.63, 3.8) is 0 Å². The molecule has 2 unspecified atom stereocenters. The SMILES string of the molecule is COC(=O)N[C@H](C(=O)N1C(C)CCC1c1ncc(-c2ccc(C#Cc3ccc(-c4cnc([C@@H]5CC[C@H](C)N5C(=O)[C@@H](NC(=O)O)C(C)C)[nH]4)cc3)cc2)[nH]1)C(C)C. The number of aromatic nitrogens is 4. The third-order valence-corrected chi connectivity index (χ3v) is 11.0. The highest BCUT2D eigenvalue weighted by atomic mass is 16.5. The van der Waals surface area contributed by atoms with E-state index < -0.39 is 24.3 Å². The first-order valence-electron chi connectivity index (χ1n) is 19.6. The van der Waals surface area contributed by atoms with Gasteiger partial charge in [-0.05, 0) is 86.8 Å². The molecule has 0 bridgehead atoms. The van der Waals surface area contributed by atoms with E-state index in [-0.39, 0.29) is 47.8 Å². The number of hydrogen-bond donors (Lipinski definition) is 5. The highest BCUT2D eigenvalue weighted by Crippen LogP contribution is 2.38. The summed E-state index contributed by atoms with van der Waals surface area (Å²) in [5, 5.41) is 14.4. The first-order valence-corrected chi connectivity index (χ1v) is 19.6. The second-order valence-electron chi connectivity index (χ2n) is 15.7. The molecule has 2 fully saturated rings. The van der Waals surface area contributed by atoms with Crippen LogP contribution in [0.15, 0.2) is 60.9 Å². The number of carbonyl (C=O) groups is 4. The fraction of sp³-hybridized carbons (Fsp3) is 0.442. The fourth-order valence-electron chi connectivity index (χ4n) is 7.83. The number of benzene rings is 2. The number of carboxylic acid groups (broad SMARTS) is 1. The minimum absolute atomic E-state index is 0.00498. The van der Waals surface area contributed by atoms with E-state index in [0.717, 1.165) is 59.3 Å². The van der Waals surface area contributed by atoms with E-state index in [1.54, 1.807) is 17.3 Å². The van der Waals surface area contributed by atoms with Gasteiger partial charge in [0.1, 0.15) is 23.7 Å². The van der Waals surface area contributed by atoms with Gasteiger partial charge in [-0.2, -0.15) is 0 Å². The largest absolute Gasteiger partial charge is 0.465 e. The summed E-state index contributed by atoms with van der Waals surface area (Å²) in [6.45, 7) is 11.5. The number of likely N-dealkylation sites (tertiary alicyclic amines) is 2. The molecule has 0 spiro atoms. The number of hydrogen-bond acceptors (Lipinski definition) is 7. The van der Waals surface area contributed by atoms with Crippen molar-refractivity contribution in [2.75, 3.05) is 7.11 Å². The molecule has 2 aromatic heterocycles. The maximum absolute atomic E-state index is 13.7. The van der Waals surface area contributed by atoms with E-state index in [1.165, 1.54) is 7.11 Å². The summed E-state index contributed by atoms with van der Waals surface area (Å²) in [6, 6.07) is 13.6. The van der Waals surface area contributed by atoms with Gasteiger partial charge < -0.3 is 40.2 Å². The molecule has 0 aliphatic carbocycles. The van der Waals surface area contributed by atoms with Gasteiger partial charge in [-0.15, -0.1) is 0 Å². The van der Waals surface area contributed by atoms with E-state index in [0.29, 0.717) is 11.6 Å². The lowest BCUT2D eigenvalue weighted by atomic mass is 10.0. The average molecular weight is 777 g/mol. The summed E-state index contributed by atoms with van der Waals surface area (Å²) in [7, 11) is 1.29. The Morgan fingerprint density at radius 3 is 1.47 bits per heavy atom. The van der Waals surface area contributed by atoms with Crippen LogP contribution in [0.25, 0.3) is 22.5 Å². The second kappa shape index (κ2) is 17.4. The highest BCUT2D eigenvalue weighted by molar-refractivity contribution is 5.87. The van der Waals surface area contributed by atoms with Gasteiger partial charge in [-0.3, -0.25) is 9.59 Å². The molecule has 4 amide bonds. The molecule has 14 heteroatoms. The zero-order valence-electron chi connectivity index (χ0n) is 33.5. The van der Waals surface area contributed by atoms with E-state index in [1.807, 2.05) is 95.0 Å². The Hall–Kier alpha value is -6.10. The number of amides is 4. The Bertz CT molecular complexity index is 2130. The fourth-order valence-corrected chi connectivity index (χ4v) is 7.83. The number of ether oxygens (including phenoxy) is 1. The van der Waals surface area contributed by atoms with Gasteiger partial charge in [0.25, 0.3) is 0 Å². The van der Waals surface area contributed by atoms with Crippen LogP contribution in [0.2, 0.25) is 0 Å². The summed E-state index contributed by atoms with van der Waals surface area (Å²) in [5.74, 6) is 7.15. The minimum atomic E-state index is -1.22. The number of nitrogens with zero attached hydrogens (tertiary/aromatic N) is 4. The number of imidazole rings is 2. The van der Waals surface area contributed by atoms with Gasteiger partial charge in [0, 0.05) is 23.2 Å². The molecule has 6 rings (SSSR count). The van der Waals surface area contributed by atoms with Crippen LogP contribution in [0.5, 0.6) is 0 Å². The van der Waals surface area contributed by atoms with Crippen molar-refractivity contribution >= 4 is 24.0 Å². The number of H-pyrrole nitrogens is 2. The van der Waals surface area contributed by atoms with Crippen molar-refractivity contribution in [2.45, 2.75) is 103 Å². The third-order valence-electron chi connectivity index (χ3n) is 11.0. The van der Waals surface area contributed by atoms with E-state index in [9.17, 15) is 24.3 Å². The molecule has 6 atom stereocenters. The van der Waals surface area contributed by atoms with Gasteiger partial charge in [0.15, 0.2) is 0 Å². The van der Waals surface area contributed by atoms with Crippen LogP contribution < -0.4 is 10.6 Å².